The van der Waals surface area contributed by atoms with Crippen molar-refractivity contribution in [3.8, 4) is 0 Å². The maximum absolute atomic E-state index is 12.6. The second kappa shape index (κ2) is 8.11. The van der Waals surface area contributed by atoms with Crippen LogP contribution >= 0.6 is 0 Å². The van der Waals surface area contributed by atoms with Crippen LogP contribution in [-0.4, -0.2) is 43.0 Å². The Morgan fingerprint density at radius 3 is 2.39 bits per heavy atom. The normalized spacial score (nSPS) is 16.9. The molecule has 1 atom stereocenters. The number of piperidine rings is 1. The molecule has 2 rings (SSSR count). The topological polar surface area (TPSA) is 58.6 Å². The van der Waals surface area contributed by atoms with Gasteiger partial charge in [0.1, 0.15) is 0 Å². The second-order valence-electron chi connectivity index (χ2n) is 6.18. The average molecular weight is 318 g/mol. The molecule has 1 fully saturated rings. The van der Waals surface area contributed by atoms with Crippen LogP contribution in [0.5, 0.6) is 0 Å². The number of aryl methyl sites for hydroxylation is 1. The fraction of sp³-hybridized carbons (Fsp3) is 0.556. The van der Waals surface area contributed by atoms with Gasteiger partial charge in [-0.15, -0.1) is 0 Å². The third kappa shape index (κ3) is 5.06. The molecule has 23 heavy (non-hydrogen) atoms. The van der Waals surface area contributed by atoms with Gasteiger partial charge in [0.2, 0.25) is 11.8 Å². The first-order valence-corrected chi connectivity index (χ1v) is 8.14. The van der Waals surface area contributed by atoms with E-state index in [0.717, 1.165) is 37.1 Å². The van der Waals surface area contributed by atoms with E-state index in [1.165, 1.54) is 6.92 Å². The largest absolute Gasteiger partial charge is 0.381 e. The highest BCUT2D eigenvalue weighted by atomic mass is 16.5. The molecule has 2 amide bonds. The van der Waals surface area contributed by atoms with Gasteiger partial charge in [-0.25, -0.2) is 0 Å². The fourth-order valence-corrected chi connectivity index (χ4v) is 2.94. The van der Waals surface area contributed by atoms with Crippen LogP contribution in [0, 0.1) is 6.92 Å². The van der Waals surface area contributed by atoms with Gasteiger partial charge < -0.3 is 15.0 Å². The van der Waals surface area contributed by atoms with Crippen molar-refractivity contribution in [2.24, 2.45) is 0 Å². The third-order valence-corrected chi connectivity index (χ3v) is 4.36. The summed E-state index contributed by atoms with van der Waals surface area (Å²) >= 11 is 0. The van der Waals surface area contributed by atoms with Gasteiger partial charge in [-0.2, -0.15) is 0 Å². The summed E-state index contributed by atoms with van der Waals surface area (Å²) in [4.78, 5) is 25.9. The number of benzene rings is 1. The number of ether oxygens (including phenoxy) is 1. The molecule has 1 heterocycles. The molecule has 0 aliphatic carbocycles. The van der Waals surface area contributed by atoms with E-state index >= 15 is 0 Å². The van der Waals surface area contributed by atoms with E-state index in [4.69, 9.17) is 4.74 Å². The smallest absolute Gasteiger partial charge is 0.224 e. The summed E-state index contributed by atoms with van der Waals surface area (Å²) in [5.41, 5.74) is 2.12. The Morgan fingerprint density at radius 1 is 1.26 bits per heavy atom. The molecule has 1 aliphatic heterocycles. The molecule has 0 spiro atoms. The van der Waals surface area contributed by atoms with Gasteiger partial charge in [0, 0.05) is 27.1 Å². The lowest BCUT2D eigenvalue weighted by atomic mass is 10.0. The SMILES string of the molecule is COC1CCN(C(=O)CC(NC(C)=O)c2ccc(C)cc2)CC1. The molecular formula is C18H26N2O3. The summed E-state index contributed by atoms with van der Waals surface area (Å²) in [7, 11) is 1.71. The number of nitrogens with one attached hydrogen (secondary N) is 1. The standard InChI is InChI=1S/C18H26N2O3/c1-13-4-6-15(7-5-13)17(19-14(2)21)12-18(22)20-10-8-16(23-3)9-11-20/h4-7,16-17H,8-12H2,1-3H3,(H,19,21). The molecule has 1 aromatic rings. The minimum Gasteiger partial charge on any atom is -0.381 e. The summed E-state index contributed by atoms with van der Waals surface area (Å²) < 4.78 is 5.34. The van der Waals surface area contributed by atoms with Crippen LogP contribution in [0.15, 0.2) is 24.3 Å². The van der Waals surface area contributed by atoms with Gasteiger partial charge >= 0.3 is 0 Å². The van der Waals surface area contributed by atoms with E-state index in [9.17, 15) is 9.59 Å². The number of carbonyl (C=O) groups is 2. The third-order valence-electron chi connectivity index (χ3n) is 4.36. The first-order chi connectivity index (χ1) is 11.0. The van der Waals surface area contributed by atoms with Crippen LogP contribution in [0.2, 0.25) is 0 Å². The molecule has 126 valence electrons. The molecule has 0 radical (unpaired) electrons. The lowest BCUT2D eigenvalue weighted by Gasteiger charge is -2.32. The van der Waals surface area contributed by atoms with Crippen molar-refractivity contribution in [3.05, 3.63) is 35.4 Å². The summed E-state index contributed by atoms with van der Waals surface area (Å²) in [5.74, 6) is -0.0413. The van der Waals surface area contributed by atoms with Gasteiger partial charge in [-0.1, -0.05) is 29.8 Å². The van der Waals surface area contributed by atoms with E-state index in [1.807, 2.05) is 36.1 Å². The Balaban J connectivity index is 2.01. The van der Waals surface area contributed by atoms with E-state index in [2.05, 4.69) is 5.32 Å². The number of rotatable bonds is 5. The Hall–Kier alpha value is -1.88. The van der Waals surface area contributed by atoms with Crippen molar-refractivity contribution in [3.63, 3.8) is 0 Å². The molecule has 1 N–H and O–H groups in total. The lowest BCUT2D eigenvalue weighted by molar-refractivity contribution is -0.134. The highest BCUT2D eigenvalue weighted by molar-refractivity contribution is 5.79. The van der Waals surface area contributed by atoms with Crippen LogP contribution < -0.4 is 5.32 Å². The monoisotopic (exact) mass is 318 g/mol. The molecule has 0 bridgehead atoms. The number of likely N-dealkylation sites (tertiary alicyclic amines) is 1. The predicted molar refractivity (Wildman–Crippen MR) is 89.0 cm³/mol. The maximum Gasteiger partial charge on any atom is 0.224 e. The molecule has 5 nitrogen and oxygen atoms in total. The van der Waals surface area contributed by atoms with Crippen molar-refractivity contribution in [1.82, 2.24) is 10.2 Å². The lowest BCUT2D eigenvalue weighted by Crippen LogP contribution is -2.42. The quantitative estimate of drug-likeness (QED) is 0.905. The fourth-order valence-electron chi connectivity index (χ4n) is 2.94. The first kappa shape index (κ1) is 17.5. The highest BCUT2D eigenvalue weighted by Gasteiger charge is 2.25. The van der Waals surface area contributed by atoms with Crippen molar-refractivity contribution in [1.29, 1.82) is 0 Å². The van der Waals surface area contributed by atoms with Gasteiger partial charge in [0.25, 0.3) is 0 Å². The zero-order valence-corrected chi connectivity index (χ0v) is 14.2. The number of carbonyl (C=O) groups excluding carboxylic acids is 2. The maximum atomic E-state index is 12.6. The Labute approximate surface area is 138 Å². The number of hydrogen-bond donors (Lipinski definition) is 1. The van der Waals surface area contributed by atoms with Crippen molar-refractivity contribution in [2.75, 3.05) is 20.2 Å². The van der Waals surface area contributed by atoms with Crippen LogP contribution in [-0.2, 0) is 14.3 Å². The van der Waals surface area contributed by atoms with Crippen LogP contribution in [0.3, 0.4) is 0 Å². The van der Waals surface area contributed by atoms with Crippen LogP contribution in [0.1, 0.15) is 43.4 Å². The molecular weight excluding hydrogens is 292 g/mol. The minimum absolute atomic E-state index is 0.0823. The molecule has 1 aromatic carbocycles. The first-order valence-electron chi connectivity index (χ1n) is 8.14. The predicted octanol–water partition coefficient (Wildman–Crippen LogP) is 2.20. The van der Waals surface area contributed by atoms with Gasteiger partial charge in [-0.05, 0) is 25.3 Å². The van der Waals surface area contributed by atoms with Gasteiger partial charge in [0.05, 0.1) is 18.6 Å². The summed E-state index contributed by atoms with van der Waals surface area (Å²) in [6.07, 6.45) is 2.29. The summed E-state index contributed by atoms with van der Waals surface area (Å²) in [6, 6.07) is 7.67. The summed E-state index contributed by atoms with van der Waals surface area (Å²) in [5, 5.41) is 2.89. The molecule has 1 saturated heterocycles. The second-order valence-corrected chi connectivity index (χ2v) is 6.18. The van der Waals surface area contributed by atoms with Crippen molar-refractivity contribution < 1.29 is 14.3 Å². The molecule has 1 aliphatic rings. The minimum atomic E-state index is -0.277. The van der Waals surface area contributed by atoms with E-state index < -0.39 is 0 Å². The molecule has 1 unspecified atom stereocenters. The average Bonchev–Trinajstić information content (AvgIpc) is 2.54. The zero-order valence-electron chi connectivity index (χ0n) is 14.2. The molecule has 0 saturated carbocycles. The van der Waals surface area contributed by atoms with Crippen molar-refractivity contribution in [2.45, 2.75) is 45.3 Å². The number of amides is 2. The van der Waals surface area contributed by atoms with Crippen LogP contribution in [0.25, 0.3) is 0 Å². The number of nitrogens with zero attached hydrogens (tertiary/aromatic N) is 1. The summed E-state index contributed by atoms with van der Waals surface area (Å²) in [6.45, 7) is 4.94. The van der Waals surface area contributed by atoms with Gasteiger partial charge in [0.15, 0.2) is 0 Å². The van der Waals surface area contributed by atoms with E-state index in [0.29, 0.717) is 6.42 Å². The van der Waals surface area contributed by atoms with Crippen LogP contribution in [0.4, 0.5) is 0 Å². The number of hydrogen-bond acceptors (Lipinski definition) is 3. The van der Waals surface area contributed by atoms with Crippen molar-refractivity contribution >= 4 is 11.8 Å². The Kier molecular flexibility index (Phi) is 6.16. The van der Waals surface area contributed by atoms with Gasteiger partial charge in [-0.3, -0.25) is 9.59 Å². The molecule has 0 aromatic heterocycles. The highest BCUT2D eigenvalue weighted by Crippen LogP contribution is 2.21. The van der Waals surface area contributed by atoms with E-state index in [1.54, 1.807) is 7.11 Å². The Morgan fingerprint density at radius 2 is 1.87 bits per heavy atom. The molecule has 5 heteroatoms. The zero-order chi connectivity index (χ0) is 16.8. The number of methoxy groups -OCH3 is 1. The Bertz CT molecular complexity index is 534. The van der Waals surface area contributed by atoms with E-state index in [-0.39, 0.29) is 24.0 Å².